The predicted molar refractivity (Wildman–Crippen MR) is 130 cm³/mol. The van der Waals surface area contributed by atoms with E-state index in [1.165, 1.54) is 10.8 Å². The predicted octanol–water partition coefficient (Wildman–Crippen LogP) is 1.88. The smallest absolute Gasteiger partial charge is 0.320 e. The zero-order chi connectivity index (χ0) is 23.2. The average Bonchev–Trinajstić information content (AvgIpc) is 2.84. The number of piperazine rings is 1. The molecular weight excluding hydrogens is 416 g/mol. The number of hydrogen-bond acceptors (Lipinski definition) is 6. The Labute approximate surface area is 196 Å². The van der Waals surface area contributed by atoms with Crippen molar-refractivity contribution in [1.82, 2.24) is 14.7 Å². The fourth-order valence-corrected chi connectivity index (χ4v) is 5.16. The molecule has 0 saturated carbocycles. The maximum absolute atomic E-state index is 13.1. The molecule has 2 heterocycles. The van der Waals surface area contributed by atoms with Gasteiger partial charge in [0.25, 0.3) is 0 Å². The average molecular weight is 453 g/mol. The second-order valence-corrected chi connectivity index (χ2v) is 9.12. The molecule has 2 fully saturated rings. The summed E-state index contributed by atoms with van der Waals surface area (Å²) in [5.41, 5.74) is 7.51. The summed E-state index contributed by atoms with van der Waals surface area (Å²) in [6, 6.07) is 14.4. The number of piperidine rings is 1. The molecule has 1 atom stereocenters. The van der Waals surface area contributed by atoms with E-state index in [1.807, 2.05) is 30.0 Å². The molecule has 7 nitrogen and oxygen atoms in total. The maximum Gasteiger partial charge on any atom is 0.320 e. The van der Waals surface area contributed by atoms with Gasteiger partial charge in [0.1, 0.15) is 0 Å². The number of nitrogens with zero attached hydrogens (tertiary/aromatic N) is 3. The summed E-state index contributed by atoms with van der Waals surface area (Å²) < 4.78 is 5.06. The van der Waals surface area contributed by atoms with Gasteiger partial charge in [-0.05, 0) is 42.5 Å². The molecule has 1 amide bonds. The van der Waals surface area contributed by atoms with Crippen molar-refractivity contribution in [2.45, 2.75) is 38.3 Å². The summed E-state index contributed by atoms with van der Waals surface area (Å²) in [5.74, 6) is -0.0850. The minimum Gasteiger partial charge on any atom is -0.465 e. The summed E-state index contributed by atoms with van der Waals surface area (Å²) in [4.78, 5) is 31.4. The summed E-state index contributed by atoms with van der Waals surface area (Å²) in [7, 11) is 0. The van der Waals surface area contributed by atoms with Crippen LogP contribution in [0.25, 0.3) is 10.8 Å². The molecule has 2 N–H and O–H groups in total. The molecule has 2 saturated heterocycles. The molecule has 0 aromatic heterocycles. The molecule has 0 spiro atoms. The van der Waals surface area contributed by atoms with Crippen LogP contribution in [0.1, 0.15) is 25.3 Å². The fourth-order valence-electron chi connectivity index (χ4n) is 5.16. The summed E-state index contributed by atoms with van der Waals surface area (Å²) in [6.07, 6.45) is 2.51. The summed E-state index contributed by atoms with van der Waals surface area (Å²) in [5, 5.41) is 2.35. The monoisotopic (exact) mass is 452 g/mol. The standard InChI is InChI=1S/C26H36N4O3/c1-2-33-25(31)19-28-14-16-29(17-15-28)22-10-12-30(13-11-22)26(32)24(27)18-21-8-5-7-20-6-3-4-9-23(20)21/h3-9,22,24H,2,10-19,27H2,1H3/t24-/m1/s1. The lowest BCUT2D eigenvalue weighted by Crippen LogP contribution is -2.55. The van der Waals surface area contributed by atoms with Gasteiger partial charge in [0, 0.05) is 45.3 Å². The van der Waals surface area contributed by atoms with Gasteiger partial charge in [-0.15, -0.1) is 0 Å². The highest BCUT2D eigenvalue weighted by Gasteiger charge is 2.31. The van der Waals surface area contributed by atoms with Gasteiger partial charge < -0.3 is 15.4 Å². The van der Waals surface area contributed by atoms with Gasteiger partial charge in [-0.2, -0.15) is 0 Å². The zero-order valence-corrected chi connectivity index (χ0v) is 19.6. The third-order valence-electron chi connectivity index (χ3n) is 6.99. The number of rotatable bonds is 7. The first-order chi connectivity index (χ1) is 16.0. The van der Waals surface area contributed by atoms with E-state index in [-0.39, 0.29) is 11.9 Å². The van der Waals surface area contributed by atoms with Crippen LogP contribution < -0.4 is 5.73 Å². The first-order valence-corrected chi connectivity index (χ1v) is 12.2. The maximum atomic E-state index is 13.1. The number of fused-ring (bicyclic) bond motifs is 1. The van der Waals surface area contributed by atoms with Crippen LogP contribution in [0.3, 0.4) is 0 Å². The summed E-state index contributed by atoms with van der Waals surface area (Å²) in [6.45, 7) is 7.85. The van der Waals surface area contributed by atoms with Crippen LogP contribution in [0.2, 0.25) is 0 Å². The molecule has 7 heteroatoms. The van der Waals surface area contributed by atoms with E-state index in [0.29, 0.717) is 25.6 Å². The van der Waals surface area contributed by atoms with Crippen molar-refractivity contribution in [1.29, 1.82) is 0 Å². The van der Waals surface area contributed by atoms with E-state index in [0.717, 1.165) is 57.7 Å². The Kier molecular flexibility index (Phi) is 7.96. The number of hydrogen-bond donors (Lipinski definition) is 1. The first kappa shape index (κ1) is 23.7. The van der Waals surface area contributed by atoms with Crippen LogP contribution in [0, 0.1) is 0 Å². The number of benzene rings is 2. The molecule has 2 aliphatic heterocycles. The summed E-state index contributed by atoms with van der Waals surface area (Å²) >= 11 is 0. The Balaban J connectivity index is 1.24. The molecule has 33 heavy (non-hydrogen) atoms. The van der Waals surface area contributed by atoms with Crippen LogP contribution in [0.5, 0.6) is 0 Å². The Hall–Kier alpha value is -2.48. The van der Waals surface area contributed by atoms with Crippen molar-refractivity contribution in [3.63, 3.8) is 0 Å². The van der Waals surface area contributed by atoms with E-state index in [9.17, 15) is 9.59 Å². The molecule has 0 unspecified atom stereocenters. The third-order valence-corrected chi connectivity index (χ3v) is 6.99. The van der Waals surface area contributed by atoms with Gasteiger partial charge in [-0.1, -0.05) is 42.5 Å². The first-order valence-electron chi connectivity index (χ1n) is 12.2. The van der Waals surface area contributed by atoms with Crippen molar-refractivity contribution >= 4 is 22.6 Å². The molecule has 2 aromatic carbocycles. The second kappa shape index (κ2) is 11.1. The molecule has 2 aromatic rings. The van der Waals surface area contributed by atoms with Crippen LogP contribution in [0.15, 0.2) is 42.5 Å². The van der Waals surface area contributed by atoms with E-state index in [2.05, 4.69) is 34.1 Å². The van der Waals surface area contributed by atoms with E-state index in [4.69, 9.17) is 10.5 Å². The van der Waals surface area contributed by atoms with E-state index in [1.54, 1.807) is 0 Å². The van der Waals surface area contributed by atoms with Crippen LogP contribution >= 0.6 is 0 Å². The normalized spacial score (nSPS) is 19.5. The molecule has 2 aliphatic rings. The van der Waals surface area contributed by atoms with E-state index >= 15 is 0 Å². The van der Waals surface area contributed by atoms with Crippen molar-refractivity contribution < 1.29 is 14.3 Å². The van der Waals surface area contributed by atoms with Crippen LogP contribution in [-0.4, -0.2) is 91.1 Å². The van der Waals surface area contributed by atoms with Gasteiger partial charge >= 0.3 is 5.97 Å². The van der Waals surface area contributed by atoms with Gasteiger partial charge in [-0.25, -0.2) is 0 Å². The Morgan fingerprint density at radius 2 is 1.70 bits per heavy atom. The highest BCUT2D eigenvalue weighted by molar-refractivity contribution is 5.87. The van der Waals surface area contributed by atoms with Crippen molar-refractivity contribution in [2.24, 2.45) is 5.73 Å². The lowest BCUT2D eigenvalue weighted by atomic mass is 9.97. The lowest BCUT2D eigenvalue weighted by Gasteiger charge is -2.43. The molecule has 0 radical (unpaired) electrons. The number of ether oxygens (including phenoxy) is 1. The van der Waals surface area contributed by atoms with Gasteiger partial charge in [0.15, 0.2) is 0 Å². The Morgan fingerprint density at radius 3 is 2.42 bits per heavy atom. The molecule has 4 rings (SSSR count). The van der Waals surface area contributed by atoms with Gasteiger partial charge in [-0.3, -0.25) is 19.4 Å². The molecule has 0 aliphatic carbocycles. The number of carbonyl (C=O) groups is 2. The molecule has 0 bridgehead atoms. The Bertz CT molecular complexity index is 944. The second-order valence-electron chi connectivity index (χ2n) is 9.12. The van der Waals surface area contributed by atoms with Gasteiger partial charge in [0.05, 0.1) is 19.2 Å². The van der Waals surface area contributed by atoms with Crippen LogP contribution in [-0.2, 0) is 20.7 Å². The number of amides is 1. The third kappa shape index (κ3) is 5.91. The Morgan fingerprint density at radius 1 is 1.00 bits per heavy atom. The highest BCUT2D eigenvalue weighted by Crippen LogP contribution is 2.22. The number of likely N-dealkylation sites (tertiary alicyclic amines) is 1. The minimum absolute atomic E-state index is 0.0561. The number of carbonyl (C=O) groups excluding carboxylic acids is 2. The van der Waals surface area contributed by atoms with Crippen molar-refractivity contribution in [2.75, 3.05) is 52.4 Å². The SMILES string of the molecule is CCOC(=O)CN1CCN(C2CCN(C(=O)[C@H](N)Cc3cccc4ccccc34)CC2)CC1. The van der Waals surface area contributed by atoms with Gasteiger partial charge in [0.2, 0.25) is 5.91 Å². The minimum atomic E-state index is -0.515. The topological polar surface area (TPSA) is 79.1 Å². The molecule has 178 valence electrons. The van der Waals surface area contributed by atoms with E-state index < -0.39 is 6.04 Å². The highest BCUT2D eigenvalue weighted by atomic mass is 16.5. The lowest BCUT2D eigenvalue weighted by molar-refractivity contribution is -0.144. The van der Waals surface area contributed by atoms with Crippen molar-refractivity contribution in [3.05, 3.63) is 48.0 Å². The quantitative estimate of drug-likeness (QED) is 0.647. The largest absolute Gasteiger partial charge is 0.465 e. The number of esters is 1. The zero-order valence-electron chi connectivity index (χ0n) is 19.6. The van der Waals surface area contributed by atoms with Crippen molar-refractivity contribution in [3.8, 4) is 0 Å². The van der Waals surface area contributed by atoms with Crippen LogP contribution in [0.4, 0.5) is 0 Å². The fraction of sp³-hybridized carbons (Fsp3) is 0.538. The number of nitrogens with two attached hydrogens (primary N) is 1. The molecular formula is C26H36N4O3.